The molecule has 5 nitrogen and oxygen atoms in total. The molecular weight excluding hydrogens is 284 g/mol. The number of benzene rings is 2. The molecule has 2 rings (SSSR count). The molecule has 0 saturated heterocycles. The molecule has 0 saturated carbocycles. The number of esters is 1. The highest BCUT2D eigenvalue weighted by molar-refractivity contribution is 5.86. The molecule has 0 fully saturated rings. The number of ether oxygens (including phenoxy) is 2. The Hall–Kier alpha value is -2.56. The van der Waals surface area contributed by atoms with Crippen molar-refractivity contribution in [3.8, 4) is 5.75 Å². The Kier molecular flexibility index (Phi) is 4.99. The summed E-state index contributed by atoms with van der Waals surface area (Å²) in [5.41, 5.74) is 0.763. The number of hydrogen-bond donors (Lipinski definition) is 1. The van der Waals surface area contributed by atoms with Crippen molar-refractivity contribution in [2.24, 2.45) is 0 Å². The Bertz CT molecular complexity index is 693. The first-order chi connectivity index (χ1) is 10.5. The summed E-state index contributed by atoms with van der Waals surface area (Å²) in [5, 5.41) is 11.0. The zero-order valence-electron chi connectivity index (χ0n) is 12.5. The van der Waals surface area contributed by atoms with Crippen LogP contribution in [0.1, 0.15) is 24.8 Å². The Labute approximate surface area is 128 Å². The maximum Gasteiger partial charge on any atom is 0.310 e. The molecule has 22 heavy (non-hydrogen) atoms. The van der Waals surface area contributed by atoms with Crippen LogP contribution in [-0.4, -0.2) is 30.8 Å². The Morgan fingerprint density at radius 2 is 1.82 bits per heavy atom. The Morgan fingerprint density at radius 3 is 2.50 bits per heavy atom. The molecule has 1 N–H and O–H groups in total. The molecule has 0 aliphatic carbocycles. The number of carbonyl (C=O) groups excluding carboxylic acids is 1. The first-order valence-corrected chi connectivity index (χ1v) is 6.97. The van der Waals surface area contributed by atoms with Crippen molar-refractivity contribution in [3.63, 3.8) is 0 Å². The second-order valence-corrected chi connectivity index (χ2v) is 5.00. The van der Waals surface area contributed by atoms with E-state index < -0.39 is 11.9 Å². The van der Waals surface area contributed by atoms with Gasteiger partial charge in [-0.2, -0.15) is 0 Å². The van der Waals surface area contributed by atoms with E-state index in [1.54, 1.807) is 19.1 Å². The van der Waals surface area contributed by atoms with Gasteiger partial charge in [0.2, 0.25) is 0 Å². The van der Waals surface area contributed by atoms with E-state index in [9.17, 15) is 9.59 Å². The van der Waals surface area contributed by atoms with Gasteiger partial charge in [-0.1, -0.05) is 24.3 Å². The third kappa shape index (κ3) is 3.75. The van der Waals surface area contributed by atoms with Gasteiger partial charge in [0.25, 0.3) is 0 Å². The molecular formula is C17H18O5. The molecule has 0 aromatic heterocycles. The number of fused-ring (bicyclic) bond motifs is 1. The topological polar surface area (TPSA) is 72.8 Å². The maximum absolute atomic E-state index is 11.0. The summed E-state index contributed by atoms with van der Waals surface area (Å²) in [6.45, 7) is 1.92. The van der Waals surface area contributed by atoms with Crippen LogP contribution in [0.2, 0.25) is 0 Å². The smallest absolute Gasteiger partial charge is 0.310 e. The van der Waals surface area contributed by atoms with Crippen LogP contribution in [0.5, 0.6) is 5.75 Å². The number of rotatable bonds is 6. The predicted molar refractivity (Wildman–Crippen MR) is 82.1 cm³/mol. The average Bonchev–Trinajstić information content (AvgIpc) is 2.53. The molecule has 2 aromatic rings. The van der Waals surface area contributed by atoms with Gasteiger partial charge in [0.1, 0.15) is 5.75 Å². The molecule has 0 heterocycles. The molecule has 0 radical (unpaired) electrons. The molecule has 0 bridgehead atoms. The van der Waals surface area contributed by atoms with Gasteiger partial charge in [-0.05, 0) is 35.4 Å². The summed E-state index contributed by atoms with van der Waals surface area (Å²) in [6.07, 6.45) is 0.198. The van der Waals surface area contributed by atoms with E-state index >= 15 is 0 Å². The highest BCUT2D eigenvalue weighted by Crippen LogP contribution is 2.25. The number of methoxy groups -OCH3 is 1. The standard InChI is InChI=1S/C17H18O5/c1-11(17(19)20)12-3-4-14-10-15(6-5-13(14)9-12)22-8-7-16(18)21-2/h3-6,9-11H,7-8H2,1-2H3,(H,19,20). The summed E-state index contributed by atoms with van der Waals surface area (Å²) in [5.74, 6) is -1.04. The largest absolute Gasteiger partial charge is 0.493 e. The molecule has 0 aliphatic heterocycles. The van der Waals surface area contributed by atoms with Crippen molar-refractivity contribution >= 4 is 22.7 Å². The van der Waals surface area contributed by atoms with Crippen LogP contribution in [0.3, 0.4) is 0 Å². The van der Waals surface area contributed by atoms with Crippen molar-refractivity contribution in [2.45, 2.75) is 19.3 Å². The lowest BCUT2D eigenvalue weighted by molar-refractivity contribution is -0.141. The van der Waals surface area contributed by atoms with E-state index in [1.807, 2.05) is 24.3 Å². The lowest BCUT2D eigenvalue weighted by Gasteiger charge is -2.10. The summed E-state index contributed by atoms with van der Waals surface area (Å²) < 4.78 is 10.1. The highest BCUT2D eigenvalue weighted by atomic mass is 16.5. The van der Waals surface area contributed by atoms with E-state index in [4.69, 9.17) is 9.84 Å². The fourth-order valence-electron chi connectivity index (χ4n) is 2.10. The lowest BCUT2D eigenvalue weighted by Crippen LogP contribution is -2.07. The molecule has 0 amide bonds. The van der Waals surface area contributed by atoms with Crippen molar-refractivity contribution in [3.05, 3.63) is 42.0 Å². The van der Waals surface area contributed by atoms with Crippen molar-refractivity contribution in [1.82, 2.24) is 0 Å². The first-order valence-electron chi connectivity index (χ1n) is 6.97. The minimum absolute atomic E-state index is 0.198. The van der Waals surface area contributed by atoms with Gasteiger partial charge >= 0.3 is 11.9 Å². The number of carboxylic acid groups (broad SMARTS) is 1. The molecule has 0 spiro atoms. The SMILES string of the molecule is COC(=O)CCOc1ccc2cc(C(C)C(=O)O)ccc2c1. The van der Waals surface area contributed by atoms with Crippen molar-refractivity contribution < 1.29 is 24.2 Å². The normalized spacial score (nSPS) is 11.9. The molecule has 1 atom stereocenters. The van der Waals surface area contributed by atoms with Crippen molar-refractivity contribution in [2.75, 3.05) is 13.7 Å². The monoisotopic (exact) mass is 302 g/mol. The third-order valence-corrected chi connectivity index (χ3v) is 3.51. The van der Waals surface area contributed by atoms with Crippen LogP contribution in [0.25, 0.3) is 10.8 Å². The molecule has 5 heteroatoms. The number of carboxylic acids is 1. The number of hydrogen-bond acceptors (Lipinski definition) is 4. The Balaban J connectivity index is 2.13. The van der Waals surface area contributed by atoms with Gasteiger partial charge in [0.15, 0.2) is 0 Å². The Morgan fingerprint density at radius 1 is 1.14 bits per heavy atom. The minimum atomic E-state index is -0.845. The van der Waals surface area contributed by atoms with Crippen LogP contribution >= 0.6 is 0 Å². The van der Waals surface area contributed by atoms with E-state index in [1.165, 1.54) is 7.11 Å². The van der Waals surface area contributed by atoms with E-state index in [0.29, 0.717) is 5.75 Å². The zero-order chi connectivity index (χ0) is 16.1. The highest BCUT2D eigenvalue weighted by Gasteiger charge is 2.13. The summed E-state index contributed by atoms with van der Waals surface area (Å²) in [7, 11) is 1.34. The quantitative estimate of drug-likeness (QED) is 0.830. The van der Waals surface area contributed by atoms with Gasteiger partial charge < -0.3 is 14.6 Å². The predicted octanol–water partition coefficient (Wildman–Crippen LogP) is 2.97. The average molecular weight is 302 g/mol. The van der Waals surface area contributed by atoms with Crippen LogP contribution in [0.4, 0.5) is 0 Å². The van der Waals surface area contributed by atoms with E-state index in [2.05, 4.69) is 4.74 Å². The second kappa shape index (κ2) is 6.93. The van der Waals surface area contributed by atoms with Gasteiger partial charge in [0, 0.05) is 0 Å². The summed E-state index contributed by atoms with van der Waals surface area (Å²) in [6, 6.07) is 11.1. The maximum atomic E-state index is 11.0. The van der Waals surface area contributed by atoms with E-state index in [0.717, 1.165) is 16.3 Å². The van der Waals surface area contributed by atoms with Gasteiger partial charge in [-0.15, -0.1) is 0 Å². The third-order valence-electron chi connectivity index (χ3n) is 3.51. The molecule has 1 unspecified atom stereocenters. The van der Waals surface area contributed by atoms with E-state index in [-0.39, 0.29) is 19.0 Å². The lowest BCUT2D eigenvalue weighted by atomic mass is 9.98. The first kappa shape index (κ1) is 15.8. The molecule has 116 valence electrons. The van der Waals surface area contributed by atoms with Gasteiger partial charge in [-0.25, -0.2) is 0 Å². The molecule has 2 aromatic carbocycles. The number of carbonyl (C=O) groups is 2. The summed E-state index contributed by atoms with van der Waals surface area (Å²) in [4.78, 5) is 22.1. The van der Waals surface area contributed by atoms with Crippen LogP contribution in [-0.2, 0) is 14.3 Å². The zero-order valence-corrected chi connectivity index (χ0v) is 12.5. The van der Waals surface area contributed by atoms with Crippen LogP contribution in [0.15, 0.2) is 36.4 Å². The van der Waals surface area contributed by atoms with Gasteiger partial charge in [-0.3, -0.25) is 9.59 Å². The van der Waals surface area contributed by atoms with Crippen molar-refractivity contribution in [1.29, 1.82) is 0 Å². The fraction of sp³-hybridized carbons (Fsp3) is 0.294. The molecule has 0 aliphatic rings. The number of aliphatic carboxylic acids is 1. The second-order valence-electron chi connectivity index (χ2n) is 5.00. The minimum Gasteiger partial charge on any atom is -0.493 e. The van der Waals surface area contributed by atoms with Gasteiger partial charge in [0.05, 0.1) is 26.1 Å². The summed E-state index contributed by atoms with van der Waals surface area (Å²) >= 11 is 0. The van der Waals surface area contributed by atoms with Crippen LogP contribution in [0, 0.1) is 0 Å². The van der Waals surface area contributed by atoms with Crippen LogP contribution < -0.4 is 4.74 Å². The fourth-order valence-corrected chi connectivity index (χ4v) is 2.10.